The van der Waals surface area contributed by atoms with Crippen LogP contribution in [0, 0.1) is 5.82 Å². The van der Waals surface area contributed by atoms with Crippen molar-refractivity contribution in [3.05, 3.63) is 83.8 Å². The molecular weight excluding hydrogens is 1210 g/mol. The van der Waals surface area contributed by atoms with E-state index < -0.39 is 149 Å². The Kier molecular flexibility index (Phi) is 25.3. The minimum Gasteiger partial charge on any atom is -0.394 e. The van der Waals surface area contributed by atoms with Crippen LogP contribution in [-0.4, -0.2) is 195 Å². The number of aliphatic imine (C=N–C) groups is 1. The van der Waals surface area contributed by atoms with Crippen molar-refractivity contribution in [2.45, 2.75) is 176 Å². The van der Waals surface area contributed by atoms with Crippen LogP contribution >= 0.6 is 0 Å². The number of aromatic amines is 1. The molecule has 2 saturated heterocycles. The van der Waals surface area contributed by atoms with Crippen LogP contribution in [0.1, 0.15) is 108 Å². The Labute approximate surface area is 536 Å². The smallest absolute Gasteiger partial charge is 0.246 e. The van der Waals surface area contributed by atoms with Gasteiger partial charge < -0.3 is 90.7 Å². The van der Waals surface area contributed by atoms with Crippen molar-refractivity contribution < 1.29 is 67.0 Å². The molecule has 30 nitrogen and oxygen atoms in total. The van der Waals surface area contributed by atoms with Gasteiger partial charge in [0, 0.05) is 56.5 Å². The molecule has 2 aromatic carbocycles. The molecule has 12 amide bonds. The molecule has 1 saturated carbocycles. The summed E-state index contributed by atoms with van der Waals surface area (Å²) in [4.78, 5) is 179. The highest BCUT2D eigenvalue weighted by Gasteiger charge is 2.50. The van der Waals surface area contributed by atoms with Gasteiger partial charge in [0.1, 0.15) is 71.8 Å². The van der Waals surface area contributed by atoms with Crippen LogP contribution in [0.4, 0.5) is 4.39 Å². The predicted octanol–water partition coefficient (Wildman–Crippen LogP) is -3.35. The van der Waals surface area contributed by atoms with Crippen molar-refractivity contribution >= 4 is 87.7 Å². The Balaban J connectivity index is 1.25. The topological polar surface area (TPSA) is 472 Å². The molecule has 93 heavy (non-hydrogen) atoms. The number of carbonyl (C=O) groups excluding carboxylic acids is 12. The van der Waals surface area contributed by atoms with Crippen LogP contribution in [0.2, 0.25) is 0 Å². The zero-order valence-corrected chi connectivity index (χ0v) is 52.1. The number of likely N-dealkylation sites (tertiary alicyclic amines) is 1. The molecule has 1 spiro atoms. The number of aliphatic hydroxyl groups excluding tert-OH is 1. The van der Waals surface area contributed by atoms with Crippen molar-refractivity contribution in [2.24, 2.45) is 27.9 Å². The summed E-state index contributed by atoms with van der Waals surface area (Å²) in [7, 11) is 0. The van der Waals surface area contributed by atoms with E-state index in [0.717, 1.165) is 6.92 Å². The first-order valence-electron chi connectivity index (χ1n) is 31.4. The van der Waals surface area contributed by atoms with E-state index in [-0.39, 0.29) is 108 Å². The molecule has 3 fully saturated rings. The summed E-state index contributed by atoms with van der Waals surface area (Å²) in [6.07, 6.45) is 5.79. The van der Waals surface area contributed by atoms with Crippen molar-refractivity contribution in [3.8, 4) is 0 Å². The highest BCUT2D eigenvalue weighted by atomic mass is 19.1. The number of nitrogens with two attached hydrogens (primary N) is 4. The van der Waals surface area contributed by atoms with Crippen LogP contribution in [-0.2, 0) is 70.4 Å². The summed E-state index contributed by atoms with van der Waals surface area (Å²) in [6, 6.07) is -1.19. The molecule has 1 aromatic heterocycles. The zero-order chi connectivity index (χ0) is 67.5. The fourth-order valence-electron chi connectivity index (χ4n) is 11.9. The van der Waals surface area contributed by atoms with Gasteiger partial charge in [0.2, 0.25) is 70.9 Å². The summed E-state index contributed by atoms with van der Waals surface area (Å²) in [5, 5.41) is 34.3. The maximum absolute atomic E-state index is 15.3. The number of carbonyl (C=O) groups is 12. The molecule has 0 unspecified atom stereocenters. The molecule has 31 heteroatoms. The van der Waals surface area contributed by atoms with Gasteiger partial charge in [0.15, 0.2) is 5.96 Å². The van der Waals surface area contributed by atoms with Crippen LogP contribution in [0.15, 0.2) is 71.9 Å². The molecule has 3 aliphatic heterocycles. The van der Waals surface area contributed by atoms with Crippen molar-refractivity contribution in [1.82, 2.24) is 62.6 Å². The first kappa shape index (κ1) is 70.9. The number of benzene rings is 2. The zero-order valence-electron chi connectivity index (χ0n) is 52.1. The highest BCUT2D eigenvalue weighted by Crippen LogP contribution is 2.34. The van der Waals surface area contributed by atoms with Crippen LogP contribution in [0.5, 0.6) is 0 Å². The van der Waals surface area contributed by atoms with E-state index in [1.54, 1.807) is 36.5 Å². The van der Waals surface area contributed by atoms with Gasteiger partial charge in [-0.3, -0.25) is 62.5 Å². The van der Waals surface area contributed by atoms with Gasteiger partial charge >= 0.3 is 0 Å². The van der Waals surface area contributed by atoms with E-state index in [0.29, 0.717) is 42.1 Å². The van der Waals surface area contributed by atoms with Crippen LogP contribution in [0.25, 0.3) is 10.9 Å². The van der Waals surface area contributed by atoms with Gasteiger partial charge in [-0.1, -0.05) is 42.5 Å². The molecule has 0 radical (unpaired) electrons. The van der Waals surface area contributed by atoms with Gasteiger partial charge in [-0.2, -0.15) is 0 Å². The number of hydrogen-bond acceptors (Lipinski definition) is 15. The minimum absolute atomic E-state index is 0.00615. The fourth-order valence-corrected chi connectivity index (χ4v) is 11.9. The third-order valence-corrected chi connectivity index (χ3v) is 17.1. The number of fused-ring (bicyclic) bond motifs is 2. The number of halogens is 1. The Bertz CT molecular complexity index is 3320. The second-order valence-corrected chi connectivity index (χ2v) is 23.9. The second kappa shape index (κ2) is 33.2. The molecular formula is C62H86FN17O13. The third kappa shape index (κ3) is 19.0. The number of nitrogens with zero attached hydrogens (tertiary/aromatic N) is 3. The van der Waals surface area contributed by atoms with E-state index in [1.807, 2.05) is 0 Å². The Morgan fingerprint density at radius 2 is 1.48 bits per heavy atom. The molecule has 0 bridgehead atoms. The van der Waals surface area contributed by atoms with Gasteiger partial charge in [0.05, 0.1) is 6.61 Å². The number of aromatic nitrogens is 1. The predicted molar refractivity (Wildman–Crippen MR) is 336 cm³/mol. The summed E-state index contributed by atoms with van der Waals surface area (Å²) in [5.74, 6) is -10.4. The lowest BCUT2D eigenvalue weighted by atomic mass is 9.75. The minimum atomic E-state index is -1.63. The third-order valence-electron chi connectivity index (χ3n) is 17.1. The lowest BCUT2D eigenvalue weighted by Crippen LogP contribution is -2.67. The molecule has 4 heterocycles. The maximum Gasteiger partial charge on any atom is 0.246 e. The van der Waals surface area contributed by atoms with Gasteiger partial charge in [-0.25, -0.2) is 4.39 Å². The van der Waals surface area contributed by atoms with E-state index >= 15 is 14.4 Å². The number of nitrogens with one attached hydrogen (secondary N) is 10. The number of H-pyrrole nitrogens is 1. The molecule has 4 aliphatic rings. The van der Waals surface area contributed by atoms with Gasteiger partial charge in [0.25, 0.3) is 0 Å². The summed E-state index contributed by atoms with van der Waals surface area (Å²) in [6.45, 7) is 1.96. The maximum atomic E-state index is 15.3. The molecule has 1 aliphatic carbocycles. The van der Waals surface area contributed by atoms with Crippen LogP contribution < -0.4 is 70.8 Å². The first-order chi connectivity index (χ1) is 44.4. The number of primary amides is 1. The number of para-hydroxylation sites is 1. The Morgan fingerprint density at radius 3 is 2.17 bits per heavy atom. The summed E-state index contributed by atoms with van der Waals surface area (Å²) < 4.78 is 14.9. The van der Waals surface area contributed by atoms with Gasteiger partial charge in [-0.05, 0) is 126 Å². The highest BCUT2D eigenvalue weighted by molar-refractivity contribution is 6.01. The molecule has 7 rings (SSSR count). The van der Waals surface area contributed by atoms with Gasteiger partial charge in [-0.15, -0.1) is 0 Å². The number of guanidine groups is 1. The average molecular weight is 1300 g/mol. The molecule has 19 N–H and O–H groups in total. The lowest BCUT2D eigenvalue weighted by Gasteiger charge is -2.43. The molecule has 10 atom stereocenters. The normalized spacial score (nSPS) is 21.9. The number of rotatable bonds is 25. The van der Waals surface area contributed by atoms with Crippen LogP contribution in [0.3, 0.4) is 0 Å². The average Bonchev–Trinajstić information content (AvgIpc) is 1.74. The molecule has 504 valence electrons. The standard InChI is InChI=1S/C62H86FN17O13/c1-34(70-55(88)47(33-81)71-35(2)82)51(84)73-43(20-9-26-68-61(66)67)52(85)75-45(31-37-32-69-40-16-4-3-15-39(37)40)54(87)74-42-17-5-6-18-44(58(91)79-27-10-21-48(79)56(89)72-41(50(65)83)19-8-25-64)77-60(93)62(23-12-24-62)78-57(90)49-22-11-28-80(49)59(92)46(76-53(42)86)30-36-13-7-14-38(63)29-36/h3-7,13-16,29,32,34,41-49,69,81H,8-12,17-28,30-31,33,64H2,1-2H3,(H2,65,83)(H,70,88)(H,71,82)(H,72,89)(H,73,84)(H,74,87)(H,75,85)(H,76,86)(H,77,93)(H,78,90)(H4,66,67,68)/b6-5-/t34-,41-,42-,43-,44-,45-,46-,47-,48-,49-/m0/s1. The van der Waals surface area contributed by atoms with E-state index in [9.17, 15) is 52.6 Å². The number of aliphatic hydroxyl groups is 1. The summed E-state index contributed by atoms with van der Waals surface area (Å²) >= 11 is 0. The molecule has 3 aromatic rings. The van der Waals surface area contributed by atoms with Crippen molar-refractivity contribution in [3.63, 3.8) is 0 Å². The Hall–Kier alpha value is -9.52. The fraction of sp³-hybridized carbons (Fsp3) is 0.532. The van der Waals surface area contributed by atoms with E-state index in [1.165, 1.54) is 47.1 Å². The summed E-state index contributed by atoms with van der Waals surface area (Å²) in [5.41, 5.74) is 22.4. The largest absolute Gasteiger partial charge is 0.394 e. The van der Waals surface area contributed by atoms with E-state index in [2.05, 4.69) is 57.8 Å². The number of amides is 12. The first-order valence-corrected chi connectivity index (χ1v) is 31.4. The van der Waals surface area contributed by atoms with E-state index in [4.69, 9.17) is 22.9 Å². The Morgan fingerprint density at radius 1 is 0.774 bits per heavy atom. The SMILES string of the molecule is CC(=O)N[C@@H](CO)C(=O)N[C@@H](C)C(=O)N[C@@H](CCCN=C(N)N)C(=O)N[C@@H](Cc1c[nH]c2ccccc12)C(=O)N[C@H]1C/C=C\C[C@@H](C(=O)N2CCC[C@H]2C(=O)N[C@@H](CCCN)C(N)=O)NC(=O)C2(CCC2)NC(=O)[C@@H]2CCCN2C(=O)[C@H](Cc2cccc(F)c2)NC1=O. The monoisotopic (exact) mass is 1300 g/mol. The number of hydrogen-bond donors (Lipinski definition) is 15. The quantitative estimate of drug-likeness (QED) is 0.0171. The van der Waals surface area contributed by atoms with Crippen molar-refractivity contribution in [2.75, 3.05) is 32.8 Å². The lowest BCUT2D eigenvalue weighted by molar-refractivity contribution is -0.146. The van der Waals surface area contributed by atoms with Crippen molar-refractivity contribution in [1.29, 1.82) is 0 Å². The second-order valence-electron chi connectivity index (χ2n) is 23.9.